The van der Waals surface area contributed by atoms with E-state index >= 15 is 0 Å². The van der Waals surface area contributed by atoms with Crippen LogP contribution in [0.25, 0.3) is 0 Å². The van der Waals surface area contributed by atoms with E-state index in [2.05, 4.69) is 10.6 Å². The second-order valence-electron chi connectivity index (χ2n) is 9.97. The predicted molar refractivity (Wildman–Crippen MR) is 148 cm³/mol. The summed E-state index contributed by atoms with van der Waals surface area (Å²) in [6.07, 6.45) is -2.34. The molecule has 2 rings (SSSR count). The fraction of sp³-hybridized carbons (Fsp3) is 0.467. The van der Waals surface area contributed by atoms with Crippen LogP contribution in [0.2, 0.25) is 0 Å². The van der Waals surface area contributed by atoms with E-state index in [0.717, 1.165) is 25.0 Å². The summed E-state index contributed by atoms with van der Waals surface area (Å²) in [7, 11) is 0. The molecule has 0 bridgehead atoms. The maximum Gasteiger partial charge on any atom is 0.251 e. The van der Waals surface area contributed by atoms with E-state index in [0.29, 0.717) is 24.7 Å². The van der Waals surface area contributed by atoms with E-state index < -0.39 is 47.7 Å². The van der Waals surface area contributed by atoms with Crippen molar-refractivity contribution >= 4 is 17.7 Å². The van der Waals surface area contributed by atoms with Crippen LogP contribution in [0.5, 0.6) is 0 Å². The molecule has 9 nitrogen and oxygen atoms in total. The zero-order valence-electron chi connectivity index (χ0n) is 23.6. The van der Waals surface area contributed by atoms with Gasteiger partial charge in [0.1, 0.15) is 23.8 Å². The highest BCUT2D eigenvalue weighted by atomic mass is 19.1. The second kappa shape index (κ2) is 16.4. The molecule has 11 heteroatoms. The molecule has 0 spiro atoms. The molecule has 4 N–H and O–H groups in total. The Morgan fingerprint density at radius 3 is 2.10 bits per heavy atom. The van der Waals surface area contributed by atoms with Crippen LogP contribution in [0.15, 0.2) is 42.5 Å². The molecule has 4 atom stereocenters. The van der Waals surface area contributed by atoms with Crippen LogP contribution in [0.3, 0.4) is 0 Å². The first-order chi connectivity index (χ1) is 19.5. The van der Waals surface area contributed by atoms with Gasteiger partial charge < -0.3 is 25.7 Å². The Hall–Kier alpha value is -3.88. The standard InChI is InChI=1S/C30H38F2N4O5/c1-4-11-36(12-5-2)27(38)17-20-7-6-8-22(13-20)30(41)35-26(16-21-14-23(31)18-24(32)15-21)29(40)28(39)25(9-10-33)34-19(3)37/h6-8,13-15,18,25-26,28-29,39-40H,4-5,9,11-12,16-17H2,1-3H3,(H,34,37)(H,35,41)/t25-,26+,28-,29-/m1/s1. The molecule has 0 aliphatic carbocycles. The topological polar surface area (TPSA) is 143 Å². The van der Waals surface area contributed by atoms with Gasteiger partial charge in [-0.25, -0.2) is 8.78 Å². The van der Waals surface area contributed by atoms with E-state index in [1.54, 1.807) is 23.1 Å². The Labute approximate surface area is 239 Å². The van der Waals surface area contributed by atoms with Gasteiger partial charge in [-0.2, -0.15) is 5.26 Å². The minimum absolute atomic E-state index is 0.0719. The molecule has 0 aliphatic heterocycles. The normalized spacial score (nSPS) is 13.8. The molecule has 3 amide bonds. The summed E-state index contributed by atoms with van der Waals surface area (Å²) in [5.41, 5.74) is 0.867. The summed E-state index contributed by atoms with van der Waals surface area (Å²) in [5, 5.41) is 36.0. The lowest BCUT2D eigenvalue weighted by Crippen LogP contribution is -2.56. The van der Waals surface area contributed by atoms with Gasteiger partial charge >= 0.3 is 0 Å². The average molecular weight is 573 g/mol. The van der Waals surface area contributed by atoms with Crippen LogP contribution in [0.4, 0.5) is 8.78 Å². The lowest BCUT2D eigenvalue weighted by molar-refractivity contribution is -0.130. The molecule has 2 aromatic carbocycles. The van der Waals surface area contributed by atoms with Gasteiger partial charge in [0.25, 0.3) is 5.91 Å². The Bertz CT molecular complexity index is 1210. The summed E-state index contributed by atoms with van der Waals surface area (Å²) < 4.78 is 27.8. The van der Waals surface area contributed by atoms with Crippen molar-refractivity contribution in [3.63, 3.8) is 0 Å². The first-order valence-corrected chi connectivity index (χ1v) is 13.6. The molecule has 0 radical (unpaired) electrons. The van der Waals surface area contributed by atoms with Crippen molar-refractivity contribution < 1.29 is 33.4 Å². The largest absolute Gasteiger partial charge is 0.388 e. The number of hydrogen-bond acceptors (Lipinski definition) is 6. The first kappa shape index (κ1) is 33.3. The predicted octanol–water partition coefficient (Wildman–Crippen LogP) is 2.64. The number of carbonyl (C=O) groups excluding carboxylic acids is 3. The third kappa shape index (κ3) is 10.6. The molecule has 0 aromatic heterocycles. The summed E-state index contributed by atoms with van der Waals surface area (Å²) in [4.78, 5) is 39.5. The number of aliphatic hydroxyl groups is 2. The molecule has 0 saturated heterocycles. The highest BCUT2D eigenvalue weighted by Gasteiger charge is 2.34. The van der Waals surface area contributed by atoms with Crippen LogP contribution in [0, 0.1) is 23.0 Å². The van der Waals surface area contributed by atoms with E-state index in [1.165, 1.54) is 13.0 Å². The average Bonchev–Trinajstić information content (AvgIpc) is 2.90. The molecule has 0 unspecified atom stereocenters. The van der Waals surface area contributed by atoms with E-state index in [4.69, 9.17) is 5.26 Å². The zero-order chi connectivity index (χ0) is 30.5. The molecule has 41 heavy (non-hydrogen) atoms. The van der Waals surface area contributed by atoms with Crippen molar-refractivity contribution in [1.82, 2.24) is 15.5 Å². The van der Waals surface area contributed by atoms with Crippen molar-refractivity contribution in [2.24, 2.45) is 0 Å². The summed E-state index contributed by atoms with van der Waals surface area (Å²) in [6, 6.07) is 8.51. The Kier molecular flexibility index (Phi) is 13.3. The molecular weight excluding hydrogens is 534 g/mol. The van der Waals surface area contributed by atoms with Gasteiger partial charge in [0.05, 0.1) is 31.0 Å². The Balaban J connectivity index is 2.32. The fourth-order valence-electron chi connectivity index (χ4n) is 4.59. The molecule has 0 saturated carbocycles. The summed E-state index contributed by atoms with van der Waals surface area (Å²) in [6.45, 7) is 6.40. The smallest absolute Gasteiger partial charge is 0.251 e. The number of hydrogen-bond donors (Lipinski definition) is 4. The number of rotatable bonds is 15. The maximum absolute atomic E-state index is 13.9. The van der Waals surface area contributed by atoms with Crippen LogP contribution in [-0.4, -0.2) is 70.2 Å². The number of nitriles is 1. The third-order valence-corrected chi connectivity index (χ3v) is 6.45. The van der Waals surface area contributed by atoms with Gasteiger partial charge in [-0.15, -0.1) is 0 Å². The summed E-state index contributed by atoms with van der Waals surface area (Å²) >= 11 is 0. The number of carbonyl (C=O) groups is 3. The number of benzene rings is 2. The number of halogens is 2. The maximum atomic E-state index is 13.9. The number of nitrogens with zero attached hydrogens (tertiary/aromatic N) is 2. The lowest BCUT2D eigenvalue weighted by atomic mass is 9.92. The minimum atomic E-state index is -1.74. The minimum Gasteiger partial charge on any atom is -0.388 e. The molecule has 222 valence electrons. The SMILES string of the molecule is CCCN(CCC)C(=O)Cc1cccc(C(=O)N[C@@H](Cc2cc(F)cc(F)c2)[C@@H](O)[C@H](O)[C@@H](CC#N)NC(C)=O)c1. The number of nitrogens with one attached hydrogen (secondary N) is 2. The van der Waals surface area contributed by atoms with Crippen LogP contribution >= 0.6 is 0 Å². The van der Waals surface area contributed by atoms with Crippen LogP contribution in [0.1, 0.15) is 61.5 Å². The fourth-order valence-corrected chi connectivity index (χ4v) is 4.59. The van der Waals surface area contributed by atoms with Crippen molar-refractivity contribution in [2.45, 2.75) is 77.2 Å². The van der Waals surface area contributed by atoms with Gasteiger partial charge in [-0.1, -0.05) is 26.0 Å². The monoisotopic (exact) mass is 572 g/mol. The number of aliphatic hydroxyl groups excluding tert-OH is 2. The Morgan fingerprint density at radius 1 is 0.927 bits per heavy atom. The number of amides is 3. The van der Waals surface area contributed by atoms with E-state index in [9.17, 15) is 33.4 Å². The van der Waals surface area contributed by atoms with Gasteiger partial charge in [0, 0.05) is 31.6 Å². The van der Waals surface area contributed by atoms with Crippen LogP contribution < -0.4 is 10.6 Å². The van der Waals surface area contributed by atoms with Crippen molar-refractivity contribution in [3.8, 4) is 6.07 Å². The Morgan fingerprint density at radius 2 is 1.54 bits per heavy atom. The first-order valence-electron chi connectivity index (χ1n) is 13.6. The van der Waals surface area contributed by atoms with Gasteiger partial charge in [-0.3, -0.25) is 14.4 Å². The molecule has 0 aliphatic rings. The molecule has 0 heterocycles. The second-order valence-corrected chi connectivity index (χ2v) is 9.97. The van der Waals surface area contributed by atoms with Crippen molar-refractivity contribution in [3.05, 3.63) is 70.8 Å². The van der Waals surface area contributed by atoms with E-state index in [-0.39, 0.29) is 36.3 Å². The van der Waals surface area contributed by atoms with E-state index in [1.807, 2.05) is 19.9 Å². The van der Waals surface area contributed by atoms with Crippen LogP contribution in [-0.2, 0) is 22.4 Å². The molecule has 2 aromatic rings. The third-order valence-electron chi connectivity index (χ3n) is 6.45. The van der Waals surface area contributed by atoms with Gasteiger partial charge in [0.15, 0.2) is 0 Å². The quantitative estimate of drug-likeness (QED) is 0.259. The highest BCUT2D eigenvalue weighted by molar-refractivity contribution is 5.95. The zero-order valence-corrected chi connectivity index (χ0v) is 23.6. The highest BCUT2D eigenvalue weighted by Crippen LogP contribution is 2.17. The lowest BCUT2D eigenvalue weighted by Gasteiger charge is -2.32. The van der Waals surface area contributed by atoms with Gasteiger partial charge in [-0.05, 0) is 54.7 Å². The van der Waals surface area contributed by atoms with Crippen molar-refractivity contribution in [1.29, 1.82) is 5.26 Å². The van der Waals surface area contributed by atoms with Gasteiger partial charge in [0.2, 0.25) is 11.8 Å². The molecular formula is C30H38F2N4O5. The van der Waals surface area contributed by atoms with Crippen molar-refractivity contribution in [2.75, 3.05) is 13.1 Å². The molecule has 0 fully saturated rings. The summed E-state index contributed by atoms with van der Waals surface area (Å²) in [5.74, 6) is -3.01.